The van der Waals surface area contributed by atoms with Crippen LogP contribution in [0.5, 0.6) is 5.75 Å². The monoisotopic (exact) mass is 204 g/mol. The maximum Gasteiger partial charge on any atom is 0.167 e. The van der Waals surface area contributed by atoms with Gasteiger partial charge < -0.3 is 10.5 Å². The Hall–Kier alpha value is -2.04. The van der Waals surface area contributed by atoms with Crippen molar-refractivity contribution in [1.29, 1.82) is 0 Å². The van der Waals surface area contributed by atoms with Gasteiger partial charge in [-0.3, -0.25) is 0 Å². The summed E-state index contributed by atoms with van der Waals surface area (Å²) in [5.41, 5.74) is 7.19. The molecule has 1 heterocycles. The van der Waals surface area contributed by atoms with Crippen molar-refractivity contribution < 1.29 is 4.74 Å². The second-order valence-corrected chi connectivity index (χ2v) is 3.12. The van der Waals surface area contributed by atoms with Crippen LogP contribution in [-0.4, -0.2) is 21.9 Å². The number of benzene rings is 1. The fourth-order valence-electron chi connectivity index (χ4n) is 1.47. The number of ether oxygens (including phenoxy) is 1. The van der Waals surface area contributed by atoms with E-state index in [0.717, 1.165) is 11.5 Å². The second kappa shape index (κ2) is 3.61. The number of hydrogen-bond donors (Lipinski definition) is 1. The number of aromatic nitrogens is 3. The first kappa shape index (κ1) is 9.51. The molecule has 0 fully saturated rings. The van der Waals surface area contributed by atoms with E-state index in [2.05, 4.69) is 10.1 Å². The van der Waals surface area contributed by atoms with Crippen LogP contribution >= 0.6 is 0 Å². The molecule has 5 nitrogen and oxygen atoms in total. The molecule has 0 unspecified atom stereocenters. The van der Waals surface area contributed by atoms with Gasteiger partial charge in [-0.25, -0.2) is 9.67 Å². The third kappa shape index (κ3) is 1.52. The topological polar surface area (TPSA) is 66.0 Å². The van der Waals surface area contributed by atoms with Crippen molar-refractivity contribution in [3.05, 3.63) is 30.4 Å². The Morgan fingerprint density at radius 3 is 2.80 bits per heavy atom. The summed E-state index contributed by atoms with van der Waals surface area (Å²) in [5.74, 6) is 1.41. The van der Waals surface area contributed by atoms with Gasteiger partial charge in [0, 0.05) is 0 Å². The highest BCUT2D eigenvalue weighted by Gasteiger charge is 2.10. The average Bonchev–Trinajstić information content (AvgIpc) is 2.64. The molecule has 0 atom stereocenters. The van der Waals surface area contributed by atoms with Gasteiger partial charge in [0.15, 0.2) is 5.75 Å². The van der Waals surface area contributed by atoms with E-state index in [0.29, 0.717) is 11.4 Å². The molecule has 2 aromatic rings. The molecule has 0 amide bonds. The molecule has 0 saturated heterocycles. The maximum atomic E-state index is 5.80. The van der Waals surface area contributed by atoms with Crippen LogP contribution in [0.2, 0.25) is 0 Å². The highest BCUT2D eigenvalue weighted by atomic mass is 16.5. The largest absolute Gasteiger partial charge is 0.492 e. The Morgan fingerprint density at radius 1 is 1.40 bits per heavy atom. The molecule has 2 N–H and O–H groups in total. The van der Waals surface area contributed by atoms with E-state index in [1.165, 1.54) is 6.33 Å². The Bertz CT molecular complexity index is 478. The van der Waals surface area contributed by atoms with E-state index >= 15 is 0 Å². The Labute approximate surface area is 87.5 Å². The Balaban J connectivity index is 2.63. The fourth-order valence-corrected chi connectivity index (χ4v) is 1.47. The average molecular weight is 204 g/mol. The van der Waals surface area contributed by atoms with E-state index in [-0.39, 0.29) is 0 Å². The van der Waals surface area contributed by atoms with Crippen molar-refractivity contribution in [2.24, 2.45) is 0 Å². The molecule has 15 heavy (non-hydrogen) atoms. The summed E-state index contributed by atoms with van der Waals surface area (Å²) in [4.78, 5) is 4.05. The van der Waals surface area contributed by atoms with Crippen LogP contribution in [0.15, 0.2) is 24.5 Å². The molecule has 0 spiro atoms. The lowest BCUT2D eigenvalue weighted by Crippen LogP contribution is -2.04. The lowest BCUT2D eigenvalue weighted by molar-refractivity contribution is 0.413. The number of nitrogens with zero attached hydrogens (tertiary/aromatic N) is 3. The van der Waals surface area contributed by atoms with Gasteiger partial charge in [0.25, 0.3) is 0 Å². The van der Waals surface area contributed by atoms with E-state index in [1.54, 1.807) is 17.9 Å². The van der Waals surface area contributed by atoms with Crippen LogP contribution in [0.25, 0.3) is 5.69 Å². The van der Waals surface area contributed by atoms with Gasteiger partial charge >= 0.3 is 0 Å². The molecule has 0 aliphatic carbocycles. The molecule has 1 aromatic carbocycles. The predicted molar refractivity (Wildman–Crippen MR) is 57.1 cm³/mol. The number of nitrogens with two attached hydrogens (primary N) is 1. The summed E-state index contributed by atoms with van der Waals surface area (Å²) in [5, 5.41) is 4.11. The molecule has 78 valence electrons. The van der Waals surface area contributed by atoms with Gasteiger partial charge in [0.2, 0.25) is 0 Å². The zero-order valence-corrected chi connectivity index (χ0v) is 8.64. The molecule has 0 bridgehead atoms. The SMILES string of the molecule is COc1c(N)cccc1-n1ncnc1C. The summed E-state index contributed by atoms with van der Waals surface area (Å²) in [7, 11) is 1.58. The van der Waals surface area contributed by atoms with Crippen LogP contribution in [-0.2, 0) is 0 Å². The number of rotatable bonds is 2. The number of nitrogen functional groups attached to an aromatic ring is 1. The van der Waals surface area contributed by atoms with E-state index in [4.69, 9.17) is 10.5 Å². The number of hydrogen-bond acceptors (Lipinski definition) is 4. The van der Waals surface area contributed by atoms with Crippen LogP contribution in [0.3, 0.4) is 0 Å². The van der Waals surface area contributed by atoms with Crippen LogP contribution in [0, 0.1) is 6.92 Å². The first-order valence-electron chi connectivity index (χ1n) is 4.53. The van der Waals surface area contributed by atoms with Crippen molar-refractivity contribution in [2.75, 3.05) is 12.8 Å². The number of methoxy groups -OCH3 is 1. The molecular formula is C10H12N4O. The summed E-state index contributed by atoms with van der Waals surface area (Å²) < 4.78 is 6.93. The molecule has 0 aliphatic rings. The molecule has 0 saturated carbocycles. The van der Waals surface area contributed by atoms with Crippen molar-refractivity contribution in [2.45, 2.75) is 6.92 Å². The summed E-state index contributed by atoms with van der Waals surface area (Å²) in [6.45, 7) is 1.87. The minimum atomic E-state index is 0.588. The molecule has 1 aromatic heterocycles. The third-order valence-corrected chi connectivity index (χ3v) is 2.18. The third-order valence-electron chi connectivity index (χ3n) is 2.18. The predicted octanol–water partition coefficient (Wildman–Crippen LogP) is 1.17. The van der Waals surface area contributed by atoms with E-state index in [9.17, 15) is 0 Å². The first-order valence-corrected chi connectivity index (χ1v) is 4.53. The molecule has 2 rings (SSSR count). The Morgan fingerprint density at radius 2 is 2.20 bits per heavy atom. The molecule has 0 radical (unpaired) electrons. The van der Waals surface area contributed by atoms with Gasteiger partial charge in [-0.05, 0) is 19.1 Å². The minimum absolute atomic E-state index is 0.588. The first-order chi connectivity index (χ1) is 7.24. The van der Waals surface area contributed by atoms with Gasteiger partial charge in [-0.2, -0.15) is 5.10 Å². The minimum Gasteiger partial charge on any atom is -0.492 e. The van der Waals surface area contributed by atoms with Crippen LogP contribution in [0.1, 0.15) is 5.82 Å². The molecular weight excluding hydrogens is 192 g/mol. The molecule has 5 heteroatoms. The fraction of sp³-hybridized carbons (Fsp3) is 0.200. The standard InChI is InChI=1S/C10H12N4O/c1-7-12-6-13-14(7)9-5-3-4-8(11)10(9)15-2/h3-6H,11H2,1-2H3. The van der Waals surface area contributed by atoms with E-state index in [1.807, 2.05) is 19.1 Å². The summed E-state index contributed by atoms with van der Waals surface area (Å²) in [6.07, 6.45) is 1.50. The van der Waals surface area contributed by atoms with E-state index < -0.39 is 0 Å². The lowest BCUT2D eigenvalue weighted by Gasteiger charge is -2.11. The Kier molecular flexibility index (Phi) is 2.29. The zero-order chi connectivity index (χ0) is 10.8. The summed E-state index contributed by atoms with van der Waals surface area (Å²) in [6, 6.07) is 5.53. The van der Waals surface area contributed by atoms with Crippen molar-refractivity contribution in [3.63, 3.8) is 0 Å². The normalized spacial score (nSPS) is 10.3. The smallest absolute Gasteiger partial charge is 0.167 e. The van der Waals surface area contributed by atoms with Crippen molar-refractivity contribution >= 4 is 5.69 Å². The zero-order valence-electron chi connectivity index (χ0n) is 8.64. The van der Waals surface area contributed by atoms with Crippen molar-refractivity contribution in [1.82, 2.24) is 14.8 Å². The van der Waals surface area contributed by atoms with Gasteiger partial charge in [0.1, 0.15) is 17.8 Å². The highest BCUT2D eigenvalue weighted by molar-refractivity contribution is 5.63. The number of aryl methyl sites for hydroxylation is 1. The van der Waals surface area contributed by atoms with Gasteiger partial charge in [-0.15, -0.1) is 0 Å². The van der Waals surface area contributed by atoms with Crippen LogP contribution < -0.4 is 10.5 Å². The number of anilines is 1. The molecule has 0 aliphatic heterocycles. The quantitative estimate of drug-likeness (QED) is 0.745. The number of para-hydroxylation sites is 1. The highest BCUT2D eigenvalue weighted by Crippen LogP contribution is 2.28. The van der Waals surface area contributed by atoms with Gasteiger partial charge in [0.05, 0.1) is 12.8 Å². The maximum absolute atomic E-state index is 5.80. The van der Waals surface area contributed by atoms with Crippen molar-refractivity contribution in [3.8, 4) is 11.4 Å². The lowest BCUT2D eigenvalue weighted by atomic mass is 10.2. The van der Waals surface area contributed by atoms with Crippen LogP contribution in [0.4, 0.5) is 5.69 Å². The summed E-state index contributed by atoms with van der Waals surface area (Å²) >= 11 is 0. The van der Waals surface area contributed by atoms with Gasteiger partial charge in [-0.1, -0.05) is 6.07 Å². The second-order valence-electron chi connectivity index (χ2n) is 3.12.